The Labute approximate surface area is 108 Å². The Morgan fingerprint density at radius 3 is 2.44 bits per heavy atom. The van der Waals surface area contributed by atoms with Crippen molar-refractivity contribution in [1.82, 2.24) is 10.6 Å². The highest BCUT2D eigenvalue weighted by Crippen LogP contribution is 2.19. The molecule has 1 aliphatic carbocycles. The molecule has 0 saturated carbocycles. The second-order valence-corrected chi connectivity index (χ2v) is 5.74. The van der Waals surface area contributed by atoms with Gasteiger partial charge in [0.2, 0.25) is 0 Å². The van der Waals surface area contributed by atoms with Crippen LogP contribution >= 0.6 is 0 Å². The number of allylic oxidation sites excluding steroid dienone is 1. The van der Waals surface area contributed by atoms with E-state index in [9.17, 15) is 9.59 Å². The largest absolute Gasteiger partial charge is 0.480 e. The summed E-state index contributed by atoms with van der Waals surface area (Å²) in [7, 11) is 0. The van der Waals surface area contributed by atoms with Gasteiger partial charge in [-0.05, 0) is 24.7 Å². The third-order valence-electron chi connectivity index (χ3n) is 2.99. The van der Waals surface area contributed by atoms with Crippen molar-refractivity contribution >= 4 is 12.0 Å². The molecular formula is C13H22N2O3. The van der Waals surface area contributed by atoms with E-state index in [1.54, 1.807) is 20.8 Å². The van der Waals surface area contributed by atoms with Gasteiger partial charge in [0.15, 0.2) is 0 Å². The van der Waals surface area contributed by atoms with Crippen LogP contribution in [0.5, 0.6) is 0 Å². The molecule has 102 valence electrons. The van der Waals surface area contributed by atoms with Gasteiger partial charge in [0.1, 0.15) is 6.04 Å². The van der Waals surface area contributed by atoms with E-state index in [0.717, 1.165) is 19.3 Å². The number of carbonyl (C=O) groups excluding carboxylic acids is 1. The van der Waals surface area contributed by atoms with Gasteiger partial charge in [0, 0.05) is 6.04 Å². The summed E-state index contributed by atoms with van der Waals surface area (Å²) in [6.07, 6.45) is 6.78. The van der Waals surface area contributed by atoms with E-state index >= 15 is 0 Å². The highest BCUT2D eigenvalue weighted by Gasteiger charge is 2.32. The van der Waals surface area contributed by atoms with Gasteiger partial charge in [0.25, 0.3) is 0 Å². The number of carboxylic acids is 1. The van der Waals surface area contributed by atoms with Gasteiger partial charge in [-0.25, -0.2) is 9.59 Å². The van der Waals surface area contributed by atoms with Gasteiger partial charge < -0.3 is 15.7 Å². The molecule has 0 fully saturated rings. The maximum atomic E-state index is 11.8. The van der Waals surface area contributed by atoms with Crippen LogP contribution in [0.2, 0.25) is 0 Å². The van der Waals surface area contributed by atoms with E-state index in [2.05, 4.69) is 16.7 Å². The van der Waals surface area contributed by atoms with E-state index < -0.39 is 23.5 Å². The minimum absolute atomic E-state index is 0.101. The summed E-state index contributed by atoms with van der Waals surface area (Å²) < 4.78 is 0. The number of carbonyl (C=O) groups is 2. The summed E-state index contributed by atoms with van der Waals surface area (Å²) in [5.74, 6) is -1.01. The van der Waals surface area contributed by atoms with E-state index in [1.165, 1.54) is 0 Å². The van der Waals surface area contributed by atoms with Crippen molar-refractivity contribution in [3.63, 3.8) is 0 Å². The molecule has 2 amide bonds. The Morgan fingerprint density at radius 1 is 1.33 bits per heavy atom. The number of amides is 2. The molecule has 0 radical (unpaired) electrons. The van der Waals surface area contributed by atoms with Gasteiger partial charge in [-0.1, -0.05) is 32.9 Å². The van der Waals surface area contributed by atoms with Crippen LogP contribution in [0, 0.1) is 5.41 Å². The van der Waals surface area contributed by atoms with Crippen molar-refractivity contribution in [2.45, 2.75) is 52.1 Å². The zero-order valence-electron chi connectivity index (χ0n) is 11.2. The molecule has 0 aromatic heterocycles. The fourth-order valence-electron chi connectivity index (χ4n) is 1.93. The van der Waals surface area contributed by atoms with Gasteiger partial charge in [-0.2, -0.15) is 0 Å². The lowest BCUT2D eigenvalue weighted by Crippen LogP contribution is -2.54. The highest BCUT2D eigenvalue weighted by atomic mass is 16.4. The molecule has 2 unspecified atom stereocenters. The maximum Gasteiger partial charge on any atom is 0.326 e. The quantitative estimate of drug-likeness (QED) is 0.673. The molecular weight excluding hydrogens is 232 g/mol. The lowest BCUT2D eigenvalue weighted by molar-refractivity contribution is -0.141. The Kier molecular flexibility index (Phi) is 4.76. The van der Waals surface area contributed by atoms with E-state index in [-0.39, 0.29) is 6.04 Å². The molecule has 0 aromatic rings. The smallest absolute Gasteiger partial charge is 0.326 e. The van der Waals surface area contributed by atoms with Crippen LogP contribution in [0.1, 0.15) is 40.0 Å². The molecule has 0 aliphatic heterocycles. The minimum Gasteiger partial charge on any atom is -0.480 e. The molecule has 2 atom stereocenters. The normalized spacial score (nSPS) is 21.2. The predicted octanol–water partition coefficient (Wildman–Crippen LogP) is 1.89. The summed E-state index contributed by atoms with van der Waals surface area (Å²) >= 11 is 0. The average molecular weight is 254 g/mol. The minimum atomic E-state index is -1.01. The van der Waals surface area contributed by atoms with Crippen molar-refractivity contribution in [3.8, 4) is 0 Å². The maximum absolute atomic E-state index is 11.8. The lowest BCUT2D eigenvalue weighted by atomic mass is 9.87. The molecule has 18 heavy (non-hydrogen) atoms. The zero-order valence-corrected chi connectivity index (χ0v) is 11.2. The summed E-state index contributed by atoms with van der Waals surface area (Å²) in [5, 5.41) is 14.5. The topological polar surface area (TPSA) is 78.4 Å². The Balaban J connectivity index is 2.51. The number of hydrogen-bond donors (Lipinski definition) is 3. The molecule has 1 rings (SSSR count). The van der Waals surface area contributed by atoms with Crippen molar-refractivity contribution < 1.29 is 14.7 Å². The summed E-state index contributed by atoms with van der Waals surface area (Å²) in [6, 6.07) is -1.20. The predicted molar refractivity (Wildman–Crippen MR) is 69.3 cm³/mol. The van der Waals surface area contributed by atoms with Crippen molar-refractivity contribution in [3.05, 3.63) is 12.2 Å². The van der Waals surface area contributed by atoms with Gasteiger partial charge in [0.05, 0.1) is 0 Å². The number of aliphatic carboxylic acids is 1. The zero-order chi connectivity index (χ0) is 13.8. The number of carboxylic acid groups (broad SMARTS) is 1. The van der Waals surface area contributed by atoms with Crippen LogP contribution < -0.4 is 10.6 Å². The van der Waals surface area contributed by atoms with Gasteiger partial charge >= 0.3 is 12.0 Å². The molecule has 5 nitrogen and oxygen atoms in total. The van der Waals surface area contributed by atoms with Crippen molar-refractivity contribution in [2.75, 3.05) is 0 Å². The van der Waals surface area contributed by atoms with Crippen LogP contribution in [0.15, 0.2) is 12.2 Å². The summed E-state index contributed by atoms with van der Waals surface area (Å²) in [5.41, 5.74) is -0.518. The van der Waals surface area contributed by atoms with Crippen molar-refractivity contribution in [2.24, 2.45) is 5.41 Å². The SMILES string of the molecule is CC(C)(C)C(NC(=O)NC1CC=CCC1)C(=O)O. The second kappa shape index (κ2) is 5.89. The molecule has 0 saturated heterocycles. The second-order valence-electron chi connectivity index (χ2n) is 5.74. The van der Waals surface area contributed by atoms with E-state index in [4.69, 9.17) is 5.11 Å². The molecule has 0 spiro atoms. The van der Waals surface area contributed by atoms with Gasteiger partial charge in [-0.15, -0.1) is 0 Å². The summed E-state index contributed by atoms with van der Waals surface area (Å²) in [4.78, 5) is 22.9. The van der Waals surface area contributed by atoms with Crippen LogP contribution in [-0.4, -0.2) is 29.2 Å². The number of nitrogens with one attached hydrogen (secondary N) is 2. The monoisotopic (exact) mass is 254 g/mol. The van der Waals surface area contributed by atoms with Crippen LogP contribution in [0.25, 0.3) is 0 Å². The highest BCUT2D eigenvalue weighted by molar-refractivity contribution is 5.83. The first kappa shape index (κ1) is 14.5. The first-order valence-corrected chi connectivity index (χ1v) is 6.25. The Bertz CT molecular complexity index is 345. The fraction of sp³-hybridized carbons (Fsp3) is 0.692. The summed E-state index contributed by atoms with van der Waals surface area (Å²) in [6.45, 7) is 5.36. The van der Waals surface area contributed by atoms with Crippen molar-refractivity contribution in [1.29, 1.82) is 0 Å². The van der Waals surface area contributed by atoms with E-state index in [1.807, 2.05) is 6.08 Å². The van der Waals surface area contributed by atoms with Crippen LogP contribution in [0.4, 0.5) is 4.79 Å². The molecule has 0 heterocycles. The molecule has 1 aliphatic rings. The van der Waals surface area contributed by atoms with E-state index in [0.29, 0.717) is 0 Å². The lowest BCUT2D eigenvalue weighted by Gasteiger charge is -2.29. The standard InChI is InChI=1S/C13H22N2O3/c1-13(2,3)10(11(16)17)15-12(18)14-9-7-5-4-6-8-9/h4-5,9-10H,6-8H2,1-3H3,(H,16,17)(H2,14,15,18). The average Bonchev–Trinajstić information content (AvgIpc) is 2.25. The third kappa shape index (κ3) is 4.39. The molecule has 3 N–H and O–H groups in total. The number of urea groups is 1. The molecule has 0 bridgehead atoms. The first-order chi connectivity index (χ1) is 8.30. The van der Waals surface area contributed by atoms with Crippen LogP contribution in [0.3, 0.4) is 0 Å². The molecule has 0 aromatic carbocycles. The van der Waals surface area contributed by atoms with Crippen LogP contribution in [-0.2, 0) is 4.79 Å². The first-order valence-electron chi connectivity index (χ1n) is 6.25. The fourth-order valence-corrected chi connectivity index (χ4v) is 1.93. The van der Waals surface area contributed by atoms with Gasteiger partial charge in [-0.3, -0.25) is 0 Å². The third-order valence-corrected chi connectivity index (χ3v) is 2.99. The number of rotatable bonds is 3. The Hall–Kier alpha value is -1.52. The molecule has 5 heteroatoms. The Morgan fingerprint density at radius 2 is 2.00 bits per heavy atom. The number of hydrogen-bond acceptors (Lipinski definition) is 2.